The number of rotatable bonds is 5. The molecule has 1 aromatic carbocycles. The minimum atomic E-state index is -5.08. The van der Waals surface area contributed by atoms with Gasteiger partial charge in [-0.05, 0) is 5.56 Å². The minimum absolute atomic E-state index is 0.379. The highest BCUT2D eigenvalue weighted by Crippen LogP contribution is 2.15. The van der Waals surface area contributed by atoms with Crippen LogP contribution < -0.4 is 10.1 Å². The largest absolute Gasteiger partial charge is 0.490 e. The van der Waals surface area contributed by atoms with Gasteiger partial charge in [0.2, 0.25) is 5.88 Å². The summed E-state index contributed by atoms with van der Waals surface area (Å²) in [6.07, 6.45) is -4.25. The SMILES string of the molecule is COc1cc(NCC(O)c2ccccc2)ncn1.O=C(O)C(F)(F)F. The summed E-state index contributed by atoms with van der Waals surface area (Å²) in [4.78, 5) is 16.8. The Morgan fingerprint density at radius 3 is 2.40 bits per heavy atom. The first-order valence-electron chi connectivity index (χ1n) is 6.87. The Balaban J connectivity index is 0.000000381. The molecular formula is C15H16F3N3O4. The maximum absolute atomic E-state index is 10.6. The first kappa shape index (κ1) is 20.2. The third-order valence-electron chi connectivity index (χ3n) is 2.75. The fourth-order valence-electron chi connectivity index (χ4n) is 1.54. The number of benzene rings is 1. The molecule has 0 aliphatic rings. The zero-order chi connectivity index (χ0) is 18.9. The molecule has 1 heterocycles. The molecule has 0 amide bonds. The second-order valence-corrected chi connectivity index (χ2v) is 4.56. The van der Waals surface area contributed by atoms with Crippen molar-refractivity contribution in [3.05, 3.63) is 48.3 Å². The van der Waals surface area contributed by atoms with Gasteiger partial charge in [-0.25, -0.2) is 14.8 Å². The molecule has 0 aliphatic heterocycles. The first-order valence-corrected chi connectivity index (χ1v) is 6.87. The monoisotopic (exact) mass is 359 g/mol. The Morgan fingerprint density at radius 2 is 1.88 bits per heavy atom. The van der Waals surface area contributed by atoms with Crippen LogP contribution >= 0.6 is 0 Å². The van der Waals surface area contributed by atoms with Crippen molar-refractivity contribution in [2.75, 3.05) is 19.0 Å². The quantitative estimate of drug-likeness (QED) is 0.752. The van der Waals surface area contributed by atoms with Crippen molar-refractivity contribution in [1.82, 2.24) is 9.97 Å². The number of halogens is 3. The topological polar surface area (TPSA) is 105 Å². The fourth-order valence-corrected chi connectivity index (χ4v) is 1.54. The van der Waals surface area contributed by atoms with Crippen LogP contribution in [0.2, 0.25) is 0 Å². The molecule has 0 bridgehead atoms. The molecule has 25 heavy (non-hydrogen) atoms. The number of hydrogen-bond acceptors (Lipinski definition) is 6. The van der Waals surface area contributed by atoms with Gasteiger partial charge < -0.3 is 20.3 Å². The minimum Gasteiger partial charge on any atom is -0.481 e. The number of carboxylic acid groups (broad SMARTS) is 1. The summed E-state index contributed by atoms with van der Waals surface area (Å²) in [5.74, 6) is -1.65. The van der Waals surface area contributed by atoms with Gasteiger partial charge in [-0.1, -0.05) is 30.3 Å². The lowest BCUT2D eigenvalue weighted by Crippen LogP contribution is -2.21. The predicted octanol–water partition coefficient (Wildman–Crippen LogP) is 2.26. The van der Waals surface area contributed by atoms with E-state index in [1.54, 1.807) is 13.2 Å². The maximum Gasteiger partial charge on any atom is 0.490 e. The third kappa shape index (κ3) is 7.48. The van der Waals surface area contributed by atoms with E-state index in [9.17, 15) is 18.3 Å². The summed E-state index contributed by atoms with van der Waals surface area (Å²) in [7, 11) is 1.55. The molecule has 0 aliphatic carbocycles. The summed E-state index contributed by atoms with van der Waals surface area (Å²) in [6, 6.07) is 11.1. The van der Waals surface area contributed by atoms with Crippen molar-refractivity contribution in [2.24, 2.45) is 0 Å². The molecule has 1 unspecified atom stereocenters. The normalized spacial score (nSPS) is 11.7. The summed E-state index contributed by atoms with van der Waals surface area (Å²) < 4.78 is 36.7. The van der Waals surface area contributed by atoms with Crippen molar-refractivity contribution in [1.29, 1.82) is 0 Å². The molecule has 10 heteroatoms. The van der Waals surface area contributed by atoms with Crippen LogP contribution in [0.15, 0.2) is 42.7 Å². The molecule has 2 rings (SSSR count). The number of aliphatic carboxylic acids is 1. The Bertz CT molecular complexity index is 669. The standard InChI is InChI=1S/C13H15N3O2.C2HF3O2/c1-18-13-7-12(15-9-16-13)14-8-11(17)10-5-3-2-4-6-10;3-2(4,5)1(6)7/h2-7,9,11,17H,8H2,1H3,(H,14,15,16);(H,6,7). The number of aliphatic hydroxyl groups excluding tert-OH is 1. The van der Waals surface area contributed by atoms with Gasteiger partial charge in [-0.2, -0.15) is 13.2 Å². The number of anilines is 1. The summed E-state index contributed by atoms with van der Waals surface area (Å²) in [5.41, 5.74) is 0.867. The van der Waals surface area contributed by atoms with Gasteiger partial charge >= 0.3 is 12.1 Å². The summed E-state index contributed by atoms with van der Waals surface area (Å²) in [5, 5.41) is 20.1. The molecule has 136 valence electrons. The number of nitrogens with one attached hydrogen (secondary N) is 1. The van der Waals surface area contributed by atoms with E-state index in [4.69, 9.17) is 14.6 Å². The zero-order valence-electron chi connectivity index (χ0n) is 13.1. The number of hydrogen-bond donors (Lipinski definition) is 3. The van der Waals surface area contributed by atoms with E-state index in [0.29, 0.717) is 18.2 Å². The number of methoxy groups -OCH3 is 1. The fraction of sp³-hybridized carbons (Fsp3) is 0.267. The molecule has 0 saturated carbocycles. The van der Waals surface area contributed by atoms with Gasteiger partial charge in [-0.15, -0.1) is 0 Å². The van der Waals surface area contributed by atoms with Crippen LogP contribution in [0.5, 0.6) is 5.88 Å². The molecule has 3 N–H and O–H groups in total. The van der Waals surface area contributed by atoms with Gasteiger partial charge in [0, 0.05) is 12.6 Å². The van der Waals surface area contributed by atoms with Gasteiger partial charge in [0.15, 0.2) is 0 Å². The molecule has 0 fully saturated rings. The summed E-state index contributed by atoms with van der Waals surface area (Å²) in [6.45, 7) is 0.379. The molecule has 2 aromatic rings. The van der Waals surface area contributed by atoms with Crippen molar-refractivity contribution >= 4 is 11.8 Å². The first-order chi connectivity index (χ1) is 11.7. The second-order valence-electron chi connectivity index (χ2n) is 4.56. The van der Waals surface area contributed by atoms with E-state index in [0.717, 1.165) is 5.56 Å². The zero-order valence-corrected chi connectivity index (χ0v) is 13.1. The van der Waals surface area contributed by atoms with Crippen molar-refractivity contribution in [3.8, 4) is 5.88 Å². The van der Waals surface area contributed by atoms with Crippen molar-refractivity contribution in [2.45, 2.75) is 12.3 Å². The number of ether oxygens (including phenoxy) is 1. The highest BCUT2D eigenvalue weighted by atomic mass is 19.4. The predicted molar refractivity (Wildman–Crippen MR) is 82.2 cm³/mol. The van der Waals surface area contributed by atoms with Crippen LogP contribution in [0, 0.1) is 0 Å². The lowest BCUT2D eigenvalue weighted by atomic mass is 10.1. The smallest absolute Gasteiger partial charge is 0.481 e. The molecule has 0 radical (unpaired) electrons. The average Bonchev–Trinajstić information content (AvgIpc) is 2.60. The Morgan fingerprint density at radius 1 is 1.28 bits per heavy atom. The van der Waals surface area contributed by atoms with E-state index in [1.165, 1.54) is 6.33 Å². The molecule has 1 aromatic heterocycles. The highest BCUT2D eigenvalue weighted by molar-refractivity contribution is 5.73. The number of alkyl halides is 3. The number of carboxylic acids is 1. The van der Waals surface area contributed by atoms with E-state index < -0.39 is 18.2 Å². The van der Waals surface area contributed by atoms with E-state index in [1.807, 2.05) is 30.3 Å². The molecule has 0 saturated heterocycles. The van der Waals surface area contributed by atoms with Crippen LogP contribution in [-0.2, 0) is 4.79 Å². The van der Waals surface area contributed by atoms with Crippen molar-refractivity contribution in [3.63, 3.8) is 0 Å². The van der Waals surface area contributed by atoms with E-state index >= 15 is 0 Å². The van der Waals surface area contributed by atoms with Gasteiger partial charge in [0.25, 0.3) is 0 Å². The Labute approximate surface area is 141 Å². The molecular weight excluding hydrogens is 343 g/mol. The number of aliphatic hydroxyl groups is 1. The number of carbonyl (C=O) groups is 1. The van der Waals surface area contributed by atoms with Crippen LogP contribution in [0.25, 0.3) is 0 Å². The van der Waals surface area contributed by atoms with Gasteiger partial charge in [0.1, 0.15) is 12.1 Å². The molecule has 7 nitrogen and oxygen atoms in total. The van der Waals surface area contributed by atoms with Gasteiger partial charge in [0.05, 0.1) is 13.2 Å². The Hall–Kier alpha value is -2.88. The molecule has 0 spiro atoms. The van der Waals surface area contributed by atoms with Crippen LogP contribution in [0.3, 0.4) is 0 Å². The Kier molecular flexibility index (Phi) is 7.60. The van der Waals surface area contributed by atoms with E-state index in [-0.39, 0.29) is 0 Å². The van der Waals surface area contributed by atoms with Crippen molar-refractivity contribution < 1.29 is 32.9 Å². The number of nitrogens with zero attached hydrogens (tertiary/aromatic N) is 2. The lowest BCUT2D eigenvalue weighted by Gasteiger charge is -2.12. The number of aromatic nitrogens is 2. The van der Waals surface area contributed by atoms with Crippen LogP contribution in [-0.4, -0.2) is 46.0 Å². The third-order valence-corrected chi connectivity index (χ3v) is 2.75. The van der Waals surface area contributed by atoms with Crippen LogP contribution in [0.1, 0.15) is 11.7 Å². The maximum atomic E-state index is 10.6. The summed E-state index contributed by atoms with van der Waals surface area (Å²) >= 11 is 0. The highest BCUT2D eigenvalue weighted by Gasteiger charge is 2.38. The van der Waals surface area contributed by atoms with E-state index in [2.05, 4.69) is 15.3 Å². The average molecular weight is 359 g/mol. The lowest BCUT2D eigenvalue weighted by molar-refractivity contribution is -0.192. The second kappa shape index (κ2) is 9.42. The van der Waals surface area contributed by atoms with Crippen LogP contribution in [0.4, 0.5) is 19.0 Å². The molecule has 1 atom stereocenters. The van der Waals surface area contributed by atoms with Gasteiger partial charge in [-0.3, -0.25) is 0 Å².